The van der Waals surface area contributed by atoms with Gasteiger partial charge in [-0.25, -0.2) is 4.68 Å². The van der Waals surface area contributed by atoms with Gasteiger partial charge in [-0.15, -0.1) is 5.10 Å². The van der Waals surface area contributed by atoms with E-state index in [2.05, 4.69) is 15.5 Å². The third-order valence-electron chi connectivity index (χ3n) is 3.00. The van der Waals surface area contributed by atoms with E-state index in [-0.39, 0.29) is 19.7 Å². The van der Waals surface area contributed by atoms with Crippen LogP contribution in [0.25, 0.3) is 0 Å². The summed E-state index contributed by atoms with van der Waals surface area (Å²) < 4.78 is 11.0. The number of rotatable bonds is 8. The van der Waals surface area contributed by atoms with Crippen LogP contribution in [0.15, 0.2) is 36.7 Å². The van der Waals surface area contributed by atoms with E-state index < -0.39 is 24.5 Å². The van der Waals surface area contributed by atoms with Crippen molar-refractivity contribution in [2.24, 2.45) is 0 Å². The summed E-state index contributed by atoms with van der Waals surface area (Å²) >= 11 is 0. The van der Waals surface area contributed by atoms with Crippen LogP contribution in [0.3, 0.4) is 0 Å². The Morgan fingerprint density at radius 1 is 1.12 bits per heavy atom. The molecular formula is C15H17N5O5. The van der Waals surface area contributed by atoms with Crippen molar-refractivity contribution in [3.63, 3.8) is 0 Å². The lowest BCUT2D eigenvalue weighted by Crippen LogP contribution is -2.39. The molecule has 0 N–H and O–H groups in total. The molecule has 0 saturated carbocycles. The highest BCUT2D eigenvalue weighted by atomic mass is 16.5. The van der Waals surface area contributed by atoms with Crippen LogP contribution < -0.4 is 4.90 Å². The van der Waals surface area contributed by atoms with Gasteiger partial charge in [0, 0.05) is 5.69 Å². The first-order valence-corrected chi connectivity index (χ1v) is 7.47. The second kappa shape index (κ2) is 9.11. The van der Waals surface area contributed by atoms with Crippen molar-refractivity contribution in [2.75, 3.05) is 24.7 Å². The Morgan fingerprint density at radius 3 is 2.52 bits per heavy atom. The van der Waals surface area contributed by atoms with Crippen molar-refractivity contribution >= 4 is 23.5 Å². The molecule has 1 aromatic carbocycles. The Balaban J connectivity index is 1.97. The molecular weight excluding hydrogens is 330 g/mol. The predicted molar refractivity (Wildman–Crippen MR) is 84.2 cm³/mol. The van der Waals surface area contributed by atoms with Crippen molar-refractivity contribution in [3.05, 3.63) is 36.7 Å². The van der Waals surface area contributed by atoms with Crippen LogP contribution in [0.5, 0.6) is 0 Å². The topological polar surface area (TPSA) is 117 Å². The van der Waals surface area contributed by atoms with E-state index in [1.807, 2.05) is 0 Å². The second-order valence-electron chi connectivity index (χ2n) is 4.79. The molecule has 25 heavy (non-hydrogen) atoms. The van der Waals surface area contributed by atoms with E-state index >= 15 is 0 Å². The fourth-order valence-electron chi connectivity index (χ4n) is 1.92. The lowest BCUT2D eigenvalue weighted by molar-refractivity contribution is -0.149. The third kappa shape index (κ3) is 5.68. The number of nitrogens with zero attached hydrogens (tertiary/aromatic N) is 5. The average molecular weight is 347 g/mol. The van der Waals surface area contributed by atoms with E-state index in [0.29, 0.717) is 5.69 Å². The van der Waals surface area contributed by atoms with Crippen molar-refractivity contribution in [2.45, 2.75) is 13.5 Å². The number of para-hydroxylation sites is 1. The molecule has 0 fully saturated rings. The summed E-state index contributed by atoms with van der Waals surface area (Å²) in [4.78, 5) is 37.0. The van der Waals surface area contributed by atoms with Crippen molar-refractivity contribution < 1.29 is 23.9 Å². The number of carbonyl (C=O) groups excluding carboxylic acids is 3. The summed E-state index contributed by atoms with van der Waals surface area (Å²) in [5, 5.41) is 10.3. The van der Waals surface area contributed by atoms with Gasteiger partial charge in [0.05, 0.1) is 6.61 Å². The average Bonchev–Trinajstić information content (AvgIpc) is 3.11. The Labute approximate surface area is 143 Å². The number of aromatic nitrogens is 4. The van der Waals surface area contributed by atoms with Crippen LogP contribution in [0.2, 0.25) is 0 Å². The highest BCUT2D eigenvalue weighted by Gasteiger charge is 2.21. The van der Waals surface area contributed by atoms with E-state index in [4.69, 9.17) is 9.47 Å². The maximum Gasteiger partial charge on any atom is 0.328 e. The van der Waals surface area contributed by atoms with Gasteiger partial charge in [-0.2, -0.15) is 0 Å². The maximum atomic E-state index is 12.4. The van der Waals surface area contributed by atoms with E-state index in [9.17, 15) is 14.4 Å². The molecule has 0 radical (unpaired) electrons. The molecule has 0 atom stereocenters. The first kappa shape index (κ1) is 18.0. The van der Waals surface area contributed by atoms with Crippen molar-refractivity contribution in [3.8, 4) is 0 Å². The van der Waals surface area contributed by atoms with Crippen LogP contribution in [0, 0.1) is 0 Å². The van der Waals surface area contributed by atoms with Crippen LogP contribution in [-0.2, 0) is 30.4 Å². The zero-order valence-corrected chi connectivity index (χ0v) is 13.6. The van der Waals surface area contributed by atoms with Gasteiger partial charge in [-0.1, -0.05) is 18.2 Å². The summed E-state index contributed by atoms with van der Waals surface area (Å²) in [6, 6.07) is 8.57. The number of anilines is 1. The molecule has 0 spiro atoms. The molecule has 1 heterocycles. The molecule has 2 rings (SSSR count). The molecule has 0 unspecified atom stereocenters. The lowest BCUT2D eigenvalue weighted by atomic mass is 10.3. The van der Waals surface area contributed by atoms with Crippen molar-refractivity contribution in [1.29, 1.82) is 0 Å². The van der Waals surface area contributed by atoms with E-state index in [1.165, 1.54) is 15.9 Å². The zero-order valence-electron chi connectivity index (χ0n) is 13.6. The molecule has 0 aliphatic rings. The van der Waals surface area contributed by atoms with E-state index in [1.54, 1.807) is 37.3 Å². The molecule has 2 aromatic rings. The minimum absolute atomic E-state index is 0.205. The summed E-state index contributed by atoms with van der Waals surface area (Å²) in [6.45, 7) is 0.865. The maximum absolute atomic E-state index is 12.4. The number of ether oxygens (including phenoxy) is 2. The van der Waals surface area contributed by atoms with Gasteiger partial charge in [0.15, 0.2) is 6.61 Å². The summed E-state index contributed by atoms with van der Waals surface area (Å²) in [5.41, 5.74) is 0.497. The fourth-order valence-corrected chi connectivity index (χ4v) is 1.92. The summed E-state index contributed by atoms with van der Waals surface area (Å²) in [7, 11) is 0. The van der Waals surface area contributed by atoms with Crippen molar-refractivity contribution in [1.82, 2.24) is 20.2 Å². The van der Waals surface area contributed by atoms with Gasteiger partial charge in [-0.3, -0.25) is 19.3 Å². The highest BCUT2D eigenvalue weighted by molar-refractivity contribution is 5.99. The number of hydrogen-bond acceptors (Lipinski definition) is 8. The van der Waals surface area contributed by atoms with Gasteiger partial charge in [0.25, 0.3) is 5.91 Å². The summed E-state index contributed by atoms with van der Waals surface area (Å²) in [5.74, 6) is -1.78. The minimum Gasteiger partial charge on any atom is -0.465 e. The predicted octanol–water partition coefficient (Wildman–Crippen LogP) is -0.187. The molecule has 132 valence electrons. The van der Waals surface area contributed by atoms with Crippen LogP contribution in [0.1, 0.15) is 6.92 Å². The number of esters is 2. The first-order valence-electron chi connectivity index (χ1n) is 7.47. The number of benzene rings is 1. The molecule has 1 aromatic heterocycles. The number of amides is 1. The van der Waals surface area contributed by atoms with Crippen LogP contribution >= 0.6 is 0 Å². The number of tetrazole rings is 1. The number of hydrogen-bond donors (Lipinski definition) is 0. The molecule has 0 bridgehead atoms. The van der Waals surface area contributed by atoms with Gasteiger partial charge >= 0.3 is 11.9 Å². The monoisotopic (exact) mass is 347 g/mol. The molecule has 10 nitrogen and oxygen atoms in total. The molecule has 1 amide bonds. The highest BCUT2D eigenvalue weighted by Crippen LogP contribution is 2.13. The second-order valence-corrected chi connectivity index (χ2v) is 4.79. The molecule has 0 aliphatic carbocycles. The van der Waals surface area contributed by atoms with Crippen LogP contribution in [0.4, 0.5) is 5.69 Å². The lowest BCUT2D eigenvalue weighted by Gasteiger charge is -2.21. The summed E-state index contributed by atoms with van der Waals surface area (Å²) in [6.07, 6.45) is 1.25. The van der Waals surface area contributed by atoms with E-state index in [0.717, 1.165) is 0 Å². The van der Waals surface area contributed by atoms with Gasteiger partial charge in [-0.05, 0) is 29.5 Å². The van der Waals surface area contributed by atoms with Gasteiger partial charge < -0.3 is 9.47 Å². The SMILES string of the molecule is CCOC(=O)CN(C(=O)COC(=O)Cn1cnnn1)c1ccccc1. The van der Waals surface area contributed by atoms with Crippen LogP contribution in [-0.4, -0.2) is 57.8 Å². The zero-order chi connectivity index (χ0) is 18.1. The third-order valence-corrected chi connectivity index (χ3v) is 3.00. The normalized spacial score (nSPS) is 10.1. The molecule has 10 heteroatoms. The van der Waals surface area contributed by atoms with Gasteiger partial charge in [0.2, 0.25) is 0 Å². The molecule has 0 saturated heterocycles. The fraction of sp³-hybridized carbons (Fsp3) is 0.333. The Bertz CT molecular complexity index is 704. The quantitative estimate of drug-likeness (QED) is 0.603. The Morgan fingerprint density at radius 2 is 1.88 bits per heavy atom. The Kier molecular flexibility index (Phi) is 6.57. The molecule has 0 aliphatic heterocycles. The Hall–Kier alpha value is -3.30. The van der Waals surface area contributed by atoms with Gasteiger partial charge in [0.1, 0.15) is 19.4 Å². The standard InChI is InChI=1S/C15H17N5O5/c1-2-24-15(23)9-20(12-6-4-3-5-7-12)13(21)10-25-14(22)8-19-11-16-17-18-19/h3-7,11H,2,8-10H2,1H3. The largest absolute Gasteiger partial charge is 0.465 e. The minimum atomic E-state index is -0.676. The number of carbonyl (C=O) groups is 3. The first-order chi connectivity index (χ1) is 12.1. The smallest absolute Gasteiger partial charge is 0.328 e.